The molecule has 0 saturated carbocycles. The molecule has 2 aromatic rings. The van der Waals surface area contributed by atoms with E-state index >= 15 is 0 Å². The molecule has 0 bridgehead atoms. The van der Waals surface area contributed by atoms with Crippen molar-refractivity contribution in [2.24, 2.45) is 0 Å². The van der Waals surface area contributed by atoms with Gasteiger partial charge in [0.1, 0.15) is 5.82 Å². The summed E-state index contributed by atoms with van der Waals surface area (Å²) in [7, 11) is 0. The number of nitro benzene ring substituents is 1. The lowest BCUT2D eigenvalue weighted by Crippen LogP contribution is -2.35. The number of pyridine rings is 1. The number of ketones is 1. The lowest BCUT2D eigenvalue weighted by atomic mass is 9.75. The zero-order valence-electron chi connectivity index (χ0n) is 17.3. The van der Waals surface area contributed by atoms with E-state index in [1.165, 1.54) is 12.1 Å². The van der Waals surface area contributed by atoms with Gasteiger partial charge in [-0.15, -0.1) is 0 Å². The molecular weight excluding hydrogens is 396 g/mol. The molecule has 1 amide bonds. The van der Waals surface area contributed by atoms with Gasteiger partial charge in [0, 0.05) is 53.2 Å². The summed E-state index contributed by atoms with van der Waals surface area (Å²) in [5.74, 6) is -0.558. The zero-order valence-corrected chi connectivity index (χ0v) is 17.3. The van der Waals surface area contributed by atoms with Crippen LogP contribution in [0.5, 0.6) is 0 Å². The molecule has 1 aliphatic heterocycles. The summed E-state index contributed by atoms with van der Waals surface area (Å²) in [5, 5.41) is 17.2. The number of nitrogens with zero attached hydrogens (tertiary/aromatic N) is 2. The van der Waals surface area contributed by atoms with Crippen LogP contribution in [0.15, 0.2) is 65.1 Å². The number of nitro groups is 1. The van der Waals surface area contributed by atoms with Crippen molar-refractivity contribution in [2.45, 2.75) is 39.0 Å². The van der Waals surface area contributed by atoms with Crippen LogP contribution in [-0.2, 0) is 9.59 Å². The highest BCUT2D eigenvalue weighted by Crippen LogP contribution is 2.42. The second-order valence-corrected chi connectivity index (χ2v) is 7.79. The first-order chi connectivity index (χ1) is 14.8. The second-order valence-electron chi connectivity index (χ2n) is 7.79. The number of non-ortho nitro benzene ring substituents is 1. The average molecular weight is 418 g/mol. The molecule has 1 atom stereocenters. The minimum absolute atomic E-state index is 0.0106. The lowest BCUT2D eigenvalue weighted by Gasteiger charge is -2.34. The van der Waals surface area contributed by atoms with Gasteiger partial charge in [-0.3, -0.25) is 19.7 Å². The predicted molar refractivity (Wildman–Crippen MR) is 115 cm³/mol. The van der Waals surface area contributed by atoms with Crippen molar-refractivity contribution in [2.75, 3.05) is 5.32 Å². The quantitative estimate of drug-likeness (QED) is 0.575. The van der Waals surface area contributed by atoms with E-state index < -0.39 is 10.8 Å². The molecule has 0 fully saturated rings. The molecule has 1 unspecified atom stereocenters. The highest BCUT2D eigenvalue weighted by molar-refractivity contribution is 6.09. The Hall–Kier alpha value is -3.81. The fourth-order valence-electron chi connectivity index (χ4n) is 4.19. The van der Waals surface area contributed by atoms with Crippen LogP contribution in [0.3, 0.4) is 0 Å². The number of amides is 1. The summed E-state index contributed by atoms with van der Waals surface area (Å²) in [6.07, 6.45) is 3.50. The molecule has 2 N–H and O–H groups in total. The Bertz CT molecular complexity index is 1150. The highest BCUT2D eigenvalue weighted by Gasteiger charge is 2.38. The van der Waals surface area contributed by atoms with Gasteiger partial charge in [-0.25, -0.2) is 4.98 Å². The maximum atomic E-state index is 13.3. The summed E-state index contributed by atoms with van der Waals surface area (Å²) < 4.78 is 0. The van der Waals surface area contributed by atoms with Gasteiger partial charge in [0.05, 0.1) is 4.92 Å². The summed E-state index contributed by atoms with van der Waals surface area (Å²) >= 11 is 0. The summed E-state index contributed by atoms with van der Waals surface area (Å²) in [5.41, 5.74) is 4.02. The molecular formula is C23H22N4O4. The van der Waals surface area contributed by atoms with Crippen molar-refractivity contribution < 1.29 is 14.5 Å². The number of rotatable bonds is 4. The lowest BCUT2D eigenvalue weighted by molar-refractivity contribution is -0.384. The Labute approximate surface area is 179 Å². The van der Waals surface area contributed by atoms with Crippen molar-refractivity contribution in [1.29, 1.82) is 0 Å². The smallest absolute Gasteiger partial charge is 0.269 e. The van der Waals surface area contributed by atoms with Crippen molar-refractivity contribution >= 4 is 23.2 Å². The number of hydrogen-bond acceptors (Lipinski definition) is 6. The Morgan fingerprint density at radius 2 is 1.94 bits per heavy atom. The Balaban J connectivity index is 1.78. The van der Waals surface area contributed by atoms with Crippen LogP contribution in [-0.4, -0.2) is 21.6 Å². The van der Waals surface area contributed by atoms with Crippen LogP contribution < -0.4 is 10.6 Å². The van der Waals surface area contributed by atoms with Crippen LogP contribution in [0, 0.1) is 17.0 Å². The zero-order chi connectivity index (χ0) is 22.1. The van der Waals surface area contributed by atoms with Gasteiger partial charge < -0.3 is 10.6 Å². The molecule has 0 radical (unpaired) electrons. The first-order valence-corrected chi connectivity index (χ1v) is 10.1. The third-order valence-corrected chi connectivity index (χ3v) is 5.61. The maximum absolute atomic E-state index is 13.3. The topological polar surface area (TPSA) is 114 Å². The molecule has 2 heterocycles. The number of aromatic nitrogens is 1. The van der Waals surface area contributed by atoms with Crippen molar-refractivity contribution in [3.63, 3.8) is 0 Å². The van der Waals surface area contributed by atoms with Crippen LogP contribution in [0.1, 0.15) is 43.2 Å². The Morgan fingerprint density at radius 3 is 2.61 bits per heavy atom. The number of hydrogen-bond donors (Lipinski definition) is 2. The molecule has 0 saturated heterocycles. The maximum Gasteiger partial charge on any atom is 0.269 e. The Morgan fingerprint density at radius 1 is 1.19 bits per heavy atom. The van der Waals surface area contributed by atoms with Crippen molar-refractivity contribution in [1.82, 2.24) is 10.3 Å². The minimum atomic E-state index is -0.602. The largest absolute Gasteiger partial charge is 0.362 e. The Kier molecular flexibility index (Phi) is 5.37. The first kappa shape index (κ1) is 20.5. The summed E-state index contributed by atoms with van der Waals surface area (Å²) in [4.78, 5) is 41.0. The van der Waals surface area contributed by atoms with E-state index in [0.29, 0.717) is 34.6 Å². The number of nitrogens with one attached hydrogen (secondary N) is 2. The second kappa shape index (κ2) is 8.14. The van der Waals surface area contributed by atoms with Gasteiger partial charge in [-0.2, -0.15) is 0 Å². The number of Topliss-reactive ketones (excluding diaryl/α,β-unsaturated/α-hetero) is 1. The number of aryl methyl sites for hydroxylation is 1. The van der Waals surface area contributed by atoms with E-state index in [9.17, 15) is 19.7 Å². The molecule has 8 nitrogen and oxygen atoms in total. The van der Waals surface area contributed by atoms with Crippen LogP contribution in [0.2, 0.25) is 0 Å². The molecule has 31 heavy (non-hydrogen) atoms. The van der Waals surface area contributed by atoms with Crippen molar-refractivity contribution in [3.8, 4) is 0 Å². The fraction of sp³-hybridized carbons (Fsp3) is 0.261. The molecule has 1 aromatic carbocycles. The average Bonchev–Trinajstić information content (AvgIpc) is 2.73. The van der Waals surface area contributed by atoms with E-state index in [1.54, 1.807) is 31.3 Å². The van der Waals surface area contributed by atoms with Crippen LogP contribution in [0.25, 0.3) is 0 Å². The van der Waals surface area contributed by atoms with Crippen molar-refractivity contribution in [3.05, 3.63) is 86.4 Å². The number of anilines is 1. The van der Waals surface area contributed by atoms with Gasteiger partial charge in [0.2, 0.25) is 0 Å². The third kappa shape index (κ3) is 3.96. The molecule has 158 valence electrons. The standard InChI is InChI=1S/C23H22N4O4/c1-13-10-11-24-19(12-13)26-23(29)20-14(2)25-17-4-3-5-18(28)22(17)21(20)15-6-8-16(9-7-15)27(30)31/h6-12,21,25H,3-5H2,1-2H3,(H,24,26,29). The summed E-state index contributed by atoms with van der Waals surface area (Å²) in [6, 6.07) is 9.63. The van der Waals surface area contributed by atoms with E-state index in [-0.39, 0.29) is 17.4 Å². The highest BCUT2D eigenvalue weighted by atomic mass is 16.6. The van der Waals surface area contributed by atoms with E-state index in [1.807, 2.05) is 13.0 Å². The molecule has 1 aliphatic carbocycles. The van der Waals surface area contributed by atoms with Gasteiger partial charge in [0.15, 0.2) is 5.78 Å². The number of carbonyl (C=O) groups is 2. The predicted octanol–water partition coefficient (Wildman–Crippen LogP) is 3.90. The number of benzene rings is 1. The summed E-state index contributed by atoms with van der Waals surface area (Å²) in [6.45, 7) is 3.71. The minimum Gasteiger partial charge on any atom is -0.362 e. The van der Waals surface area contributed by atoms with Crippen LogP contribution in [0.4, 0.5) is 11.5 Å². The molecule has 8 heteroatoms. The SMILES string of the molecule is CC1=C(C(=O)Nc2cc(C)ccn2)C(c2ccc([N+](=O)[O-])cc2)C2=C(CCCC2=O)N1. The number of allylic oxidation sites excluding steroid dienone is 3. The van der Waals surface area contributed by atoms with Gasteiger partial charge in [-0.1, -0.05) is 12.1 Å². The first-order valence-electron chi connectivity index (χ1n) is 10.1. The fourth-order valence-corrected chi connectivity index (χ4v) is 4.19. The van der Waals surface area contributed by atoms with E-state index in [2.05, 4.69) is 15.6 Å². The molecule has 0 spiro atoms. The molecule has 1 aromatic heterocycles. The monoisotopic (exact) mass is 418 g/mol. The van der Waals surface area contributed by atoms with Gasteiger partial charge in [-0.05, 0) is 49.9 Å². The van der Waals surface area contributed by atoms with Gasteiger partial charge >= 0.3 is 0 Å². The van der Waals surface area contributed by atoms with Gasteiger partial charge in [0.25, 0.3) is 11.6 Å². The van der Waals surface area contributed by atoms with E-state index in [0.717, 1.165) is 24.1 Å². The number of carbonyl (C=O) groups excluding carboxylic acids is 2. The number of dihydropyridines is 1. The normalized spacial score (nSPS) is 18.4. The van der Waals surface area contributed by atoms with Crippen LogP contribution >= 0.6 is 0 Å². The molecule has 2 aliphatic rings. The third-order valence-electron chi connectivity index (χ3n) is 5.61. The van der Waals surface area contributed by atoms with E-state index in [4.69, 9.17) is 0 Å². The molecule has 4 rings (SSSR count).